The lowest BCUT2D eigenvalue weighted by Gasteiger charge is -2.16. The molecule has 2 rings (SSSR count). The van der Waals surface area contributed by atoms with Gasteiger partial charge in [0.15, 0.2) is 0 Å². The topological polar surface area (TPSA) is 240 Å². The molecule has 2 fully saturated rings. The van der Waals surface area contributed by atoms with Gasteiger partial charge in [-0.05, 0) is 38.5 Å². The number of rotatable bonds is 41. The minimum atomic E-state index is -1.32. The Hall–Kier alpha value is -2.98. The van der Waals surface area contributed by atoms with Crippen LogP contribution >= 0.6 is 11.8 Å². The summed E-state index contributed by atoms with van der Waals surface area (Å²) >= 11 is 1.90. The van der Waals surface area contributed by atoms with Crippen molar-refractivity contribution in [3.8, 4) is 0 Å². The van der Waals surface area contributed by atoms with Gasteiger partial charge in [0, 0.05) is 49.9 Å². The number of hydrogen-bond acceptors (Lipinski definition) is 14. The van der Waals surface area contributed by atoms with E-state index >= 15 is 0 Å². The van der Waals surface area contributed by atoms with Crippen LogP contribution in [0.1, 0.15) is 77.0 Å². The van der Waals surface area contributed by atoms with Crippen molar-refractivity contribution in [1.29, 1.82) is 0 Å². The highest BCUT2D eigenvalue weighted by molar-refractivity contribution is 8.00. The standard InChI is InChI=1S/C39H71N5O14S/c45-34(10-3-1-7-14-41-35(46)12-6-5-9-33-37-32(31-59-33)43-38(48)44-37)40-13-8-2-4-11-36(47)42-15-16-51-17-18-52-19-20-53-21-22-54-23-24-55-25-26-56-27-28-57-29-30-58-39(49)50/h32-33,37H,1-31H2,(H,40,45)(H,41,46)(H,42,47)(H,49,50)(H2,43,44,48). The fraction of sp³-hybridized carbons (Fsp3) is 0.872. The number of nitrogens with one attached hydrogen (secondary N) is 5. The van der Waals surface area contributed by atoms with Crippen molar-refractivity contribution in [3.05, 3.63) is 0 Å². The molecule has 0 aromatic heterocycles. The fourth-order valence-electron chi connectivity index (χ4n) is 6.04. The third kappa shape index (κ3) is 30.7. The molecule has 19 nitrogen and oxygen atoms in total. The Bertz CT molecular complexity index is 1130. The summed E-state index contributed by atoms with van der Waals surface area (Å²) in [6.07, 6.45) is 7.90. The van der Waals surface area contributed by atoms with E-state index in [2.05, 4.69) is 31.3 Å². The number of carbonyl (C=O) groups is 5. The Labute approximate surface area is 353 Å². The van der Waals surface area contributed by atoms with Gasteiger partial charge in [-0.25, -0.2) is 9.59 Å². The molecular formula is C39H71N5O14S. The van der Waals surface area contributed by atoms with Gasteiger partial charge in [-0.1, -0.05) is 19.3 Å². The van der Waals surface area contributed by atoms with Crippen LogP contribution in [0.3, 0.4) is 0 Å². The first-order valence-electron chi connectivity index (χ1n) is 21.2. The second-order valence-corrected chi connectivity index (χ2v) is 15.2. The second kappa shape index (κ2) is 36.8. The fourth-order valence-corrected chi connectivity index (χ4v) is 7.59. The number of unbranched alkanes of at least 4 members (excludes halogenated alkanes) is 5. The highest BCUT2D eigenvalue weighted by Crippen LogP contribution is 2.33. The van der Waals surface area contributed by atoms with Gasteiger partial charge in [0.2, 0.25) is 17.7 Å². The minimum Gasteiger partial charge on any atom is -0.450 e. The molecule has 342 valence electrons. The normalized spacial score (nSPS) is 16.9. The number of hydrogen-bond donors (Lipinski definition) is 6. The molecule has 5 amide bonds. The maximum atomic E-state index is 12.1. The van der Waals surface area contributed by atoms with Gasteiger partial charge >= 0.3 is 12.2 Å². The molecule has 2 heterocycles. The quantitative estimate of drug-likeness (QED) is 0.0293. The van der Waals surface area contributed by atoms with Crippen molar-refractivity contribution in [3.63, 3.8) is 0 Å². The van der Waals surface area contributed by atoms with E-state index in [0.29, 0.717) is 130 Å². The molecule has 59 heavy (non-hydrogen) atoms. The first-order chi connectivity index (χ1) is 28.8. The van der Waals surface area contributed by atoms with Gasteiger partial charge in [0.1, 0.15) is 6.61 Å². The van der Waals surface area contributed by atoms with Gasteiger partial charge in [-0.15, -0.1) is 0 Å². The van der Waals surface area contributed by atoms with Crippen LogP contribution in [0.2, 0.25) is 0 Å². The Morgan fingerprint density at radius 3 is 1.39 bits per heavy atom. The first kappa shape index (κ1) is 52.2. The molecule has 2 saturated heterocycles. The molecule has 0 aromatic carbocycles. The molecule has 0 bridgehead atoms. The number of thioether (sulfide) groups is 1. The summed E-state index contributed by atoms with van der Waals surface area (Å²) in [5.74, 6) is 1.05. The molecular weight excluding hydrogens is 795 g/mol. The summed E-state index contributed by atoms with van der Waals surface area (Å²) in [7, 11) is 0. The smallest absolute Gasteiger partial charge is 0.450 e. The number of carboxylic acid groups (broad SMARTS) is 1. The second-order valence-electron chi connectivity index (χ2n) is 13.9. The highest BCUT2D eigenvalue weighted by atomic mass is 32.2. The molecule has 0 aromatic rings. The average Bonchev–Trinajstić information content (AvgIpc) is 3.77. The zero-order chi connectivity index (χ0) is 42.4. The van der Waals surface area contributed by atoms with Crippen molar-refractivity contribution in [1.82, 2.24) is 26.6 Å². The van der Waals surface area contributed by atoms with Crippen LogP contribution in [0.15, 0.2) is 0 Å². The number of amides is 5. The van der Waals surface area contributed by atoms with E-state index in [1.807, 2.05) is 11.8 Å². The third-order valence-electron chi connectivity index (χ3n) is 9.14. The van der Waals surface area contributed by atoms with Crippen molar-refractivity contribution >= 4 is 41.7 Å². The Balaban J connectivity index is 1.19. The van der Waals surface area contributed by atoms with E-state index in [9.17, 15) is 24.0 Å². The Kier molecular flexibility index (Phi) is 32.6. The number of fused-ring (bicyclic) bond motifs is 1. The van der Waals surface area contributed by atoms with Gasteiger partial charge in [-0.3, -0.25) is 14.4 Å². The van der Waals surface area contributed by atoms with E-state index in [1.165, 1.54) is 0 Å². The average molecular weight is 866 g/mol. The van der Waals surface area contributed by atoms with Crippen LogP contribution in [-0.4, -0.2) is 177 Å². The molecule has 0 radical (unpaired) electrons. The summed E-state index contributed by atoms with van der Waals surface area (Å²) in [4.78, 5) is 58.0. The van der Waals surface area contributed by atoms with Gasteiger partial charge in [0.25, 0.3) is 0 Å². The van der Waals surface area contributed by atoms with Crippen molar-refractivity contribution in [2.45, 2.75) is 94.4 Å². The van der Waals surface area contributed by atoms with Crippen molar-refractivity contribution in [2.24, 2.45) is 0 Å². The summed E-state index contributed by atoms with van der Waals surface area (Å²) in [5.41, 5.74) is 0. The summed E-state index contributed by atoms with van der Waals surface area (Å²) in [6, 6.07) is 0.384. The van der Waals surface area contributed by atoms with Crippen LogP contribution in [0.25, 0.3) is 0 Å². The monoisotopic (exact) mass is 865 g/mol. The maximum absolute atomic E-state index is 12.1. The van der Waals surface area contributed by atoms with Crippen molar-refractivity contribution in [2.75, 3.05) is 124 Å². The Morgan fingerprint density at radius 1 is 0.525 bits per heavy atom. The first-order valence-corrected chi connectivity index (χ1v) is 22.3. The minimum absolute atomic E-state index is 0.00341. The van der Waals surface area contributed by atoms with E-state index in [4.69, 9.17) is 38.3 Å². The summed E-state index contributed by atoms with van der Waals surface area (Å²) in [5, 5.41) is 23.5. The maximum Gasteiger partial charge on any atom is 0.505 e. The van der Waals surface area contributed by atoms with E-state index in [0.717, 1.165) is 63.5 Å². The van der Waals surface area contributed by atoms with E-state index < -0.39 is 6.16 Å². The zero-order valence-electron chi connectivity index (χ0n) is 34.8. The van der Waals surface area contributed by atoms with Crippen molar-refractivity contribution < 1.29 is 67.0 Å². The number of urea groups is 1. The molecule has 3 atom stereocenters. The molecule has 3 unspecified atom stereocenters. The van der Waals surface area contributed by atoms with Crippen LogP contribution < -0.4 is 26.6 Å². The largest absolute Gasteiger partial charge is 0.505 e. The van der Waals surface area contributed by atoms with Crippen LogP contribution in [0.5, 0.6) is 0 Å². The highest BCUT2D eigenvalue weighted by Gasteiger charge is 2.42. The van der Waals surface area contributed by atoms with Gasteiger partial charge in [0.05, 0.1) is 105 Å². The lowest BCUT2D eigenvalue weighted by Crippen LogP contribution is -2.36. The molecule has 2 aliphatic heterocycles. The van der Waals surface area contributed by atoms with Crippen LogP contribution in [0.4, 0.5) is 9.59 Å². The predicted octanol–water partition coefficient (Wildman–Crippen LogP) is 1.99. The summed E-state index contributed by atoms with van der Waals surface area (Å²) in [6.45, 7) is 7.43. The SMILES string of the molecule is O=C(CCCCCNC(=O)CCCCC1SCC2NC(=O)NC21)NCCCCCC(=O)NCCOCCOCCOCCOCCOCCOCCOCCOC(=O)O. The molecule has 0 aliphatic carbocycles. The lowest BCUT2D eigenvalue weighted by atomic mass is 10.0. The lowest BCUT2D eigenvalue weighted by molar-refractivity contribution is -0.122. The summed E-state index contributed by atoms with van der Waals surface area (Å²) < 4.78 is 42.1. The Morgan fingerprint density at radius 2 is 0.932 bits per heavy atom. The van der Waals surface area contributed by atoms with Gasteiger partial charge < -0.3 is 69.6 Å². The predicted molar refractivity (Wildman–Crippen MR) is 220 cm³/mol. The molecule has 0 spiro atoms. The molecule has 2 aliphatic rings. The molecule has 20 heteroatoms. The van der Waals surface area contributed by atoms with Gasteiger partial charge in [-0.2, -0.15) is 11.8 Å². The third-order valence-corrected chi connectivity index (χ3v) is 10.6. The number of carbonyl (C=O) groups excluding carboxylic acids is 4. The number of ether oxygens (including phenoxy) is 8. The van der Waals surface area contributed by atoms with E-state index in [1.54, 1.807) is 0 Å². The van der Waals surface area contributed by atoms with Crippen LogP contribution in [0, 0.1) is 0 Å². The van der Waals surface area contributed by atoms with E-state index in [-0.39, 0.29) is 49.1 Å². The molecule has 0 saturated carbocycles. The molecule has 6 N–H and O–H groups in total. The van der Waals surface area contributed by atoms with Crippen LogP contribution in [-0.2, 0) is 52.3 Å². The zero-order valence-corrected chi connectivity index (χ0v) is 35.6.